The van der Waals surface area contributed by atoms with E-state index in [0.29, 0.717) is 6.04 Å². The normalized spacial score (nSPS) is 12.4. The number of pyridine rings is 1. The lowest BCUT2D eigenvalue weighted by atomic mass is 10.0. The maximum atomic E-state index is 4.04. The standard InChI is InChI=1S/C16H20N2/c1-12-5-4-6-16(13(12)2)11-18-14(3)15-7-9-17-10-8-15/h4-10,14,18H,11H2,1-3H3. The predicted octanol–water partition coefficient (Wildman–Crippen LogP) is 3.55. The maximum absolute atomic E-state index is 4.04. The van der Waals surface area contributed by atoms with Crippen LogP contribution in [0, 0.1) is 13.8 Å². The summed E-state index contributed by atoms with van der Waals surface area (Å²) in [6.07, 6.45) is 3.68. The van der Waals surface area contributed by atoms with E-state index in [2.05, 4.69) is 61.4 Å². The quantitative estimate of drug-likeness (QED) is 0.884. The van der Waals surface area contributed by atoms with Crippen molar-refractivity contribution in [3.63, 3.8) is 0 Å². The first kappa shape index (κ1) is 12.8. The first-order chi connectivity index (χ1) is 8.68. The molecule has 2 aromatic rings. The molecule has 0 saturated heterocycles. The molecule has 0 spiro atoms. The minimum absolute atomic E-state index is 0.341. The highest BCUT2D eigenvalue weighted by atomic mass is 14.9. The number of nitrogens with zero attached hydrogens (tertiary/aromatic N) is 1. The molecule has 1 heterocycles. The van der Waals surface area contributed by atoms with Crippen LogP contribution in [0.15, 0.2) is 42.7 Å². The van der Waals surface area contributed by atoms with Crippen molar-refractivity contribution in [1.82, 2.24) is 10.3 Å². The van der Waals surface area contributed by atoms with Crippen LogP contribution < -0.4 is 5.32 Å². The van der Waals surface area contributed by atoms with Crippen LogP contribution in [0.4, 0.5) is 0 Å². The van der Waals surface area contributed by atoms with Gasteiger partial charge in [0.1, 0.15) is 0 Å². The van der Waals surface area contributed by atoms with E-state index in [1.54, 1.807) is 0 Å². The van der Waals surface area contributed by atoms with Crippen molar-refractivity contribution in [3.8, 4) is 0 Å². The number of aromatic nitrogens is 1. The minimum atomic E-state index is 0.341. The van der Waals surface area contributed by atoms with E-state index >= 15 is 0 Å². The summed E-state index contributed by atoms with van der Waals surface area (Å²) in [5.74, 6) is 0. The fourth-order valence-electron chi connectivity index (χ4n) is 2.04. The molecular formula is C16H20N2. The summed E-state index contributed by atoms with van der Waals surface area (Å²) in [4.78, 5) is 4.04. The highest BCUT2D eigenvalue weighted by Gasteiger charge is 2.06. The highest BCUT2D eigenvalue weighted by molar-refractivity contribution is 5.33. The average molecular weight is 240 g/mol. The molecule has 0 aliphatic carbocycles. The zero-order valence-corrected chi connectivity index (χ0v) is 11.3. The molecule has 18 heavy (non-hydrogen) atoms. The second kappa shape index (κ2) is 5.78. The Labute approximate surface area is 109 Å². The van der Waals surface area contributed by atoms with E-state index in [4.69, 9.17) is 0 Å². The fourth-order valence-corrected chi connectivity index (χ4v) is 2.04. The molecule has 2 heteroatoms. The second-order valence-electron chi connectivity index (χ2n) is 4.74. The van der Waals surface area contributed by atoms with Gasteiger partial charge in [0.25, 0.3) is 0 Å². The Morgan fingerprint density at radius 3 is 2.56 bits per heavy atom. The molecule has 0 fully saturated rings. The van der Waals surface area contributed by atoms with Crippen LogP contribution in [0.2, 0.25) is 0 Å². The molecule has 94 valence electrons. The minimum Gasteiger partial charge on any atom is -0.306 e. The van der Waals surface area contributed by atoms with Crippen molar-refractivity contribution >= 4 is 0 Å². The third kappa shape index (κ3) is 2.96. The fraction of sp³-hybridized carbons (Fsp3) is 0.312. The lowest BCUT2D eigenvalue weighted by Crippen LogP contribution is -2.18. The average Bonchev–Trinajstić information content (AvgIpc) is 2.41. The summed E-state index contributed by atoms with van der Waals surface area (Å²) in [5, 5.41) is 3.56. The summed E-state index contributed by atoms with van der Waals surface area (Å²) < 4.78 is 0. The van der Waals surface area contributed by atoms with Gasteiger partial charge in [0, 0.05) is 25.0 Å². The van der Waals surface area contributed by atoms with E-state index in [9.17, 15) is 0 Å². The van der Waals surface area contributed by atoms with Gasteiger partial charge in [-0.25, -0.2) is 0 Å². The van der Waals surface area contributed by atoms with Crippen LogP contribution in [0.1, 0.15) is 35.2 Å². The summed E-state index contributed by atoms with van der Waals surface area (Å²) in [6.45, 7) is 7.42. The monoisotopic (exact) mass is 240 g/mol. The zero-order chi connectivity index (χ0) is 13.0. The molecule has 0 amide bonds. The number of hydrogen-bond acceptors (Lipinski definition) is 2. The van der Waals surface area contributed by atoms with E-state index in [-0.39, 0.29) is 0 Å². The molecule has 1 aromatic carbocycles. The van der Waals surface area contributed by atoms with Crippen LogP contribution in [0.25, 0.3) is 0 Å². The molecule has 1 N–H and O–H groups in total. The first-order valence-corrected chi connectivity index (χ1v) is 6.37. The maximum Gasteiger partial charge on any atom is 0.0296 e. The van der Waals surface area contributed by atoms with Crippen LogP contribution in [-0.4, -0.2) is 4.98 Å². The van der Waals surface area contributed by atoms with E-state index < -0.39 is 0 Å². The van der Waals surface area contributed by atoms with Gasteiger partial charge in [-0.2, -0.15) is 0 Å². The van der Waals surface area contributed by atoms with Gasteiger partial charge in [0.05, 0.1) is 0 Å². The third-order valence-electron chi connectivity index (χ3n) is 3.52. The Hall–Kier alpha value is -1.67. The van der Waals surface area contributed by atoms with Gasteiger partial charge in [-0.15, -0.1) is 0 Å². The SMILES string of the molecule is Cc1cccc(CNC(C)c2ccncc2)c1C. The molecule has 0 aliphatic heterocycles. The number of nitrogens with one attached hydrogen (secondary N) is 1. The Morgan fingerprint density at radius 1 is 1.11 bits per heavy atom. The second-order valence-corrected chi connectivity index (χ2v) is 4.74. The topological polar surface area (TPSA) is 24.9 Å². The van der Waals surface area contributed by atoms with Crippen LogP contribution in [-0.2, 0) is 6.54 Å². The van der Waals surface area contributed by atoms with Gasteiger partial charge in [0.2, 0.25) is 0 Å². The lowest BCUT2D eigenvalue weighted by molar-refractivity contribution is 0.572. The smallest absolute Gasteiger partial charge is 0.0296 e. The Kier molecular flexibility index (Phi) is 4.11. The van der Waals surface area contributed by atoms with E-state index in [1.165, 1.54) is 22.3 Å². The van der Waals surface area contributed by atoms with Gasteiger partial charge in [-0.3, -0.25) is 4.98 Å². The number of rotatable bonds is 4. The molecule has 0 saturated carbocycles. The summed E-state index contributed by atoms with van der Waals surface area (Å²) in [5.41, 5.74) is 5.38. The molecule has 1 unspecified atom stereocenters. The van der Waals surface area contributed by atoms with Crippen LogP contribution in [0.3, 0.4) is 0 Å². The van der Waals surface area contributed by atoms with Gasteiger partial charge in [0.15, 0.2) is 0 Å². The molecule has 2 rings (SSSR count). The molecule has 0 radical (unpaired) electrons. The predicted molar refractivity (Wildman–Crippen MR) is 75.4 cm³/mol. The van der Waals surface area contributed by atoms with Crippen molar-refractivity contribution < 1.29 is 0 Å². The largest absolute Gasteiger partial charge is 0.306 e. The van der Waals surface area contributed by atoms with Crippen LogP contribution >= 0.6 is 0 Å². The number of hydrogen-bond donors (Lipinski definition) is 1. The van der Waals surface area contributed by atoms with Crippen molar-refractivity contribution in [2.75, 3.05) is 0 Å². The van der Waals surface area contributed by atoms with Crippen molar-refractivity contribution in [2.45, 2.75) is 33.4 Å². The molecular weight excluding hydrogens is 220 g/mol. The van der Waals surface area contributed by atoms with E-state index in [1.807, 2.05) is 12.4 Å². The molecule has 0 bridgehead atoms. The summed E-state index contributed by atoms with van der Waals surface area (Å²) in [7, 11) is 0. The zero-order valence-electron chi connectivity index (χ0n) is 11.3. The van der Waals surface area contributed by atoms with Gasteiger partial charge >= 0.3 is 0 Å². The Bertz CT molecular complexity index is 506. The van der Waals surface area contributed by atoms with Crippen molar-refractivity contribution in [2.24, 2.45) is 0 Å². The molecule has 1 aromatic heterocycles. The van der Waals surface area contributed by atoms with Gasteiger partial charge < -0.3 is 5.32 Å². The van der Waals surface area contributed by atoms with Gasteiger partial charge in [-0.1, -0.05) is 18.2 Å². The molecule has 2 nitrogen and oxygen atoms in total. The third-order valence-corrected chi connectivity index (χ3v) is 3.52. The van der Waals surface area contributed by atoms with Crippen molar-refractivity contribution in [1.29, 1.82) is 0 Å². The number of benzene rings is 1. The Balaban J connectivity index is 2.02. The summed E-state index contributed by atoms with van der Waals surface area (Å²) >= 11 is 0. The molecule has 0 aliphatic rings. The number of aryl methyl sites for hydroxylation is 1. The lowest BCUT2D eigenvalue weighted by Gasteiger charge is -2.16. The van der Waals surface area contributed by atoms with Crippen molar-refractivity contribution in [3.05, 3.63) is 65.0 Å². The summed E-state index contributed by atoms with van der Waals surface area (Å²) in [6, 6.07) is 10.9. The van der Waals surface area contributed by atoms with E-state index in [0.717, 1.165) is 6.54 Å². The molecule has 1 atom stereocenters. The first-order valence-electron chi connectivity index (χ1n) is 6.37. The highest BCUT2D eigenvalue weighted by Crippen LogP contribution is 2.15. The van der Waals surface area contributed by atoms with Crippen LogP contribution in [0.5, 0.6) is 0 Å². The Morgan fingerprint density at radius 2 is 1.83 bits per heavy atom. The van der Waals surface area contributed by atoms with Gasteiger partial charge in [-0.05, 0) is 55.2 Å².